The van der Waals surface area contributed by atoms with Gasteiger partial charge in [-0.15, -0.1) is 0 Å². The lowest BCUT2D eigenvalue weighted by Gasteiger charge is -2.15. The average Bonchev–Trinajstić information content (AvgIpc) is 2.40. The van der Waals surface area contributed by atoms with Gasteiger partial charge in [0.25, 0.3) is 6.26 Å². The Bertz CT molecular complexity index is 197. The van der Waals surface area contributed by atoms with Crippen LogP contribution >= 0.6 is 0 Å². The Balaban J connectivity index is 2.16. The molecule has 0 heterocycles. The van der Waals surface area contributed by atoms with E-state index in [9.17, 15) is 0 Å². The van der Waals surface area contributed by atoms with Crippen LogP contribution in [0.4, 0.5) is 0 Å². The van der Waals surface area contributed by atoms with Gasteiger partial charge in [0.15, 0.2) is 0 Å². The summed E-state index contributed by atoms with van der Waals surface area (Å²) in [7, 11) is 0. The molecule has 0 aromatic carbocycles. The van der Waals surface area contributed by atoms with Crippen molar-refractivity contribution in [2.24, 2.45) is 5.92 Å². The van der Waals surface area contributed by atoms with Crippen LogP contribution in [0.3, 0.4) is 0 Å². The Kier molecular flexibility index (Phi) is 8.82. The molecule has 0 bridgehead atoms. The van der Waals surface area contributed by atoms with E-state index in [-0.39, 0.29) is 0 Å². The third-order valence-electron chi connectivity index (χ3n) is 3.90. The standard InChI is InChI=1S/C15H27NO/c16-14-17-13-9-12-15-10-7-5-3-1-2-4-6-8-11-15/h15H,1-13H2. The van der Waals surface area contributed by atoms with Gasteiger partial charge in [0.1, 0.15) is 6.61 Å². The van der Waals surface area contributed by atoms with Gasteiger partial charge in [-0.05, 0) is 18.8 Å². The van der Waals surface area contributed by atoms with E-state index in [4.69, 9.17) is 10.00 Å². The van der Waals surface area contributed by atoms with Crippen LogP contribution in [-0.4, -0.2) is 6.61 Å². The minimum atomic E-state index is 0.618. The van der Waals surface area contributed by atoms with Gasteiger partial charge >= 0.3 is 0 Å². The molecule has 98 valence electrons. The van der Waals surface area contributed by atoms with E-state index >= 15 is 0 Å². The quantitative estimate of drug-likeness (QED) is 0.520. The van der Waals surface area contributed by atoms with Gasteiger partial charge < -0.3 is 4.74 Å². The summed E-state index contributed by atoms with van der Waals surface area (Å²) in [5.41, 5.74) is 0. The predicted octanol–water partition coefficient (Wildman–Crippen LogP) is 4.80. The van der Waals surface area contributed by atoms with Gasteiger partial charge in [0.2, 0.25) is 0 Å². The lowest BCUT2D eigenvalue weighted by molar-refractivity contribution is 0.245. The van der Waals surface area contributed by atoms with Crippen molar-refractivity contribution in [3.05, 3.63) is 0 Å². The summed E-state index contributed by atoms with van der Waals surface area (Å²) in [6.45, 7) is 0.618. The van der Waals surface area contributed by atoms with Crippen molar-refractivity contribution in [3.8, 4) is 6.26 Å². The number of nitrogens with zero attached hydrogens (tertiary/aromatic N) is 1. The van der Waals surface area contributed by atoms with E-state index in [1.165, 1.54) is 70.6 Å². The Morgan fingerprint density at radius 1 is 0.882 bits per heavy atom. The third-order valence-corrected chi connectivity index (χ3v) is 3.90. The van der Waals surface area contributed by atoms with Crippen molar-refractivity contribution in [3.63, 3.8) is 0 Å². The second kappa shape index (κ2) is 10.4. The lowest BCUT2D eigenvalue weighted by atomic mass is 9.91. The maximum Gasteiger partial charge on any atom is 0.286 e. The molecule has 0 aliphatic heterocycles. The molecule has 0 saturated heterocycles. The van der Waals surface area contributed by atoms with Crippen LogP contribution in [0.1, 0.15) is 77.0 Å². The van der Waals surface area contributed by atoms with E-state index in [1.807, 2.05) is 0 Å². The van der Waals surface area contributed by atoms with Gasteiger partial charge in [-0.25, -0.2) is 0 Å². The van der Waals surface area contributed by atoms with Crippen LogP contribution in [0, 0.1) is 17.4 Å². The number of rotatable bonds is 4. The zero-order valence-electron chi connectivity index (χ0n) is 11.1. The summed E-state index contributed by atoms with van der Waals surface area (Å²) < 4.78 is 4.75. The van der Waals surface area contributed by atoms with E-state index in [0.29, 0.717) is 6.61 Å². The van der Waals surface area contributed by atoms with Crippen LogP contribution in [0.15, 0.2) is 0 Å². The van der Waals surface area contributed by atoms with Gasteiger partial charge in [0.05, 0.1) is 0 Å². The average molecular weight is 237 g/mol. The highest BCUT2D eigenvalue weighted by Crippen LogP contribution is 2.24. The highest BCUT2D eigenvalue weighted by atomic mass is 16.5. The van der Waals surface area contributed by atoms with Gasteiger partial charge in [-0.2, -0.15) is 5.26 Å². The molecule has 0 unspecified atom stereocenters. The SMILES string of the molecule is N#COCCCC1CCCCCCCCCC1. The molecule has 0 atom stereocenters. The zero-order valence-corrected chi connectivity index (χ0v) is 11.1. The monoisotopic (exact) mass is 237 g/mol. The summed E-state index contributed by atoms with van der Waals surface area (Å²) in [5.74, 6) is 0.885. The highest BCUT2D eigenvalue weighted by Gasteiger charge is 2.09. The largest absolute Gasteiger partial charge is 0.428 e. The van der Waals surface area contributed by atoms with E-state index in [0.717, 1.165) is 12.3 Å². The van der Waals surface area contributed by atoms with Crippen molar-refractivity contribution in [1.29, 1.82) is 5.26 Å². The fourth-order valence-corrected chi connectivity index (χ4v) is 2.85. The summed E-state index contributed by atoms with van der Waals surface area (Å²) in [4.78, 5) is 0. The smallest absolute Gasteiger partial charge is 0.286 e. The van der Waals surface area contributed by atoms with Crippen LogP contribution in [0.2, 0.25) is 0 Å². The van der Waals surface area contributed by atoms with Crippen molar-refractivity contribution < 1.29 is 4.74 Å². The predicted molar refractivity (Wildman–Crippen MR) is 70.5 cm³/mol. The Labute approximate surface area is 106 Å². The second-order valence-electron chi connectivity index (χ2n) is 5.35. The summed E-state index contributed by atoms with van der Waals surface area (Å²) in [6.07, 6.45) is 18.3. The molecule has 1 rings (SSSR count). The summed E-state index contributed by atoms with van der Waals surface area (Å²) >= 11 is 0. The first-order valence-corrected chi connectivity index (χ1v) is 7.44. The first-order valence-electron chi connectivity index (χ1n) is 7.44. The molecule has 0 aromatic rings. The molecule has 2 nitrogen and oxygen atoms in total. The first kappa shape index (κ1) is 14.4. The number of nitriles is 1. The highest BCUT2D eigenvalue weighted by molar-refractivity contribution is 4.63. The minimum absolute atomic E-state index is 0.618. The van der Waals surface area contributed by atoms with E-state index < -0.39 is 0 Å². The number of hydrogen-bond donors (Lipinski definition) is 0. The van der Waals surface area contributed by atoms with Gasteiger partial charge in [0, 0.05) is 0 Å². The molecule has 1 aliphatic carbocycles. The fourth-order valence-electron chi connectivity index (χ4n) is 2.85. The molecular formula is C15H27NO. The molecule has 2 heteroatoms. The van der Waals surface area contributed by atoms with Crippen molar-refractivity contribution >= 4 is 0 Å². The lowest BCUT2D eigenvalue weighted by Crippen LogP contribution is -2.03. The van der Waals surface area contributed by atoms with Crippen LogP contribution in [0.25, 0.3) is 0 Å². The first-order chi connectivity index (χ1) is 8.43. The molecule has 0 radical (unpaired) electrons. The molecule has 0 amide bonds. The normalized spacial score (nSPS) is 20.2. The van der Waals surface area contributed by atoms with Crippen molar-refractivity contribution in [2.45, 2.75) is 77.0 Å². The molecule has 0 N–H and O–H groups in total. The van der Waals surface area contributed by atoms with Crippen molar-refractivity contribution in [1.82, 2.24) is 0 Å². The Hall–Kier alpha value is -0.710. The third kappa shape index (κ3) is 8.07. The van der Waals surface area contributed by atoms with E-state index in [1.54, 1.807) is 6.26 Å². The number of hydrogen-bond acceptors (Lipinski definition) is 2. The molecule has 1 aliphatic rings. The molecule has 0 aromatic heterocycles. The van der Waals surface area contributed by atoms with E-state index in [2.05, 4.69) is 0 Å². The molecule has 0 spiro atoms. The fraction of sp³-hybridized carbons (Fsp3) is 0.933. The molecule has 1 fully saturated rings. The van der Waals surface area contributed by atoms with Crippen molar-refractivity contribution in [2.75, 3.05) is 6.61 Å². The van der Waals surface area contributed by atoms with Crippen LogP contribution in [0.5, 0.6) is 0 Å². The summed E-state index contributed by atoms with van der Waals surface area (Å²) in [6, 6.07) is 0. The minimum Gasteiger partial charge on any atom is -0.428 e. The summed E-state index contributed by atoms with van der Waals surface area (Å²) in [5, 5.41) is 8.31. The molecular weight excluding hydrogens is 210 g/mol. The molecule has 1 saturated carbocycles. The number of ether oxygens (including phenoxy) is 1. The molecule has 17 heavy (non-hydrogen) atoms. The Morgan fingerprint density at radius 3 is 1.94 bits per heavy atom. The second-order valence-corrected chi connectivity index (χ2v) is 5.35. The topological polar surface area (TPSA) is 33.0 Å². The maximum absolute atomic E-state index is 8.31. The zero-order chi connectivity index (χ0) is 12.2. The van der Waals surface area contributed by atoms with Gasteiger partial charge in [-0.3, -0.25) is 0 Å². The Morgan fingerprint density at radius 2 is 1.41 bits per heavy atom. The van der Waals surface area contributed by atoms with Crippen LogP contribution < -0.4 is 0 Å². The van der Waals surface area contributed by atoms with Crippen LogP contribution in [-0.2, 0) is 4.74 Å². The van der Waals surface area contributed by atoms with Gasteiger partial charge in [-0.1, -0.05) is 64.2 Å². The maximum atomic E-state index is 8.31.